The van der Waals surface area contributed by atoms with E-state index in [-0.39, 0.29) is 0 Å². The molecule has 0 amide bonds. The summed E-state index contributed by atoms with van der Waals surface area (Å²) in [5.74, 6) is 0. The molecule has 46 valence electrons. The van der Waals surface area contributed by atoms with Gasteiger partial charge in [0.15, 0.2) is 0 Å². The fourth-order valence-corrected chi connectivity index (χ4v) is 0.514. The van der Waals surface area contributed by atoms with Crippen molar-refractivity contribution in [2.75, 3.05) is 0 Å². The van der Waals surface area contributed by atoms with E-state index in [1.165, 1.54) is 6.20 Å². The number of aromatic nitrogens is 1. The van der Waals surface area contributed by atoms with Gasteiger partial charge < -0.3 is 0 Å². The Bertz CT molecular complexity index is 205. The molecule has 1 aromatic heterocycles. The summed E-state index contributed by atoms with van der Waals surface area (Å²) in [6.07, 6.45) is 1.45. The molecule has 1 aromatic rings. The zero-order valence-electron chi connectivity index (χ0n) is 5.03. The maximum absolute atomic E-state index is 9.83. The van der Waals surface area contributed by atoms with Gasteiger partial charge >= 0.3 is 0 Å². The van der Waals surface area contributed by atoms with Gasteiger partial charge in [0.05, 0.1) is 6.20 Å². The quantitative estimate of drug-likeness (QED) is 0.533. The summed E-state index contributed by atoms with van der Waals surface area (Å²) in [5.41, 5.74) is 1.27. The Kier molecular flexibility index (Phi) is 1.53. The predicted molar refractivity (Wildman–Crippen MR) is 34.4 cm³/mol. The molecule has 0 spiro atoms. The Morgan fingerprint density at radius 3 is 2.78 bits per heavy atom. The van der Waals surface area contributed by atoms with Crippen molar-refractivity contribution in [3.8, 4) is 0 Å². The second kappa shape index (κ2) is 2.35. The van der Waals surface area contributed by atoms with Crippen LogP contribution in [0, 0.1) is 11.8 Å². The molecule has 9 heavy (non-hydrogen) atoms. The summed E-state index contributed by atoms with van der Waals surface area (Å²) in [4.78, 5) is 13.7. The zero-order chi connectivity index (χ0) is 6.69. The maximum Gasteiger partial charge on any atom is 0.126 e. The molecule has 0 aliphatic carbocycles. The summed E-state index contributed by atoms with van der Waals surface area (Å²) in [5, 5.41) is 2.70. The first kappa shape index (κ1) is 5.88. The van der Waals surface area contributed by atoms with Gasteiger partial charge in [0.2, 0.25) is 0 Å². The van der Waals surface area contributed by atoms with Crippen LogP contribution in [0.3, 0.4) is 0 Å². The van der Waals surface area contributed by atoms with Crippen LogP contribution in [-0.4, -0.2) is 4.98 Å². The van der Waals surface area contributed by atoms with Gasteiger partial charge in [-0.25, -0.2) is 0 Å². The molecule has 0 fully saturated rings. The molecular formula is C6H6N2O. The van der Waals surface area contributed by atoms with E-state index in [0.717, 1.165) is 5.69 Å². The molecule has 0 radical (unpaired) electrons. The molecule has 3 nitrogen and oxygen atoms in total. The van der Waals surface area contributed by atoms with Crippen molar-refractivity contribution in [3.05, 3.63) is 28.9 Å². The van der Waals surface area contributed by atoms with Crippen molar-refractivity contribution >= 4 is 5.69 Å². The molecule has 0 unspecified atom stereocenters. The Labute approximate surface area is 52.7 Å². The Morgan fingerprint density at radius 2 is 2.33 bits per heavy atom. The molecule has 0 aliphatic rings. The highest BCUT2D eigenvalue weighted by Crippen LogP contribution is 2.07. The molecule has 0 bridgehead atoms. The van der Waals surface area contributed by atoms with Crippen LogP contribution < -0.4 is 0 Å². The third-order valence-corrected chi connectivity index (χ3v) is 1.00. The van der Waals surface area contributed by atoms with Crippen molar-refractivity contribution < 1.29 is 0 Å². The first-order valence-electron chi connectivity index (χ1n) is 2.59. The lowest BCUT2D eigenvalue weighted by atomic mass is 10.4. The Hall–Kier alpha value is -1.25. The van der Waals surface area contributed by atoms with E-state index in [4.69, 9.17) is 0 Å². The summed E-state index contributed by atoms with van der Waals surface area (Å²) < 4.78 is 0. The molecule has 0 N–H and O–H groups in total. The van der Waals surface area contributed by atoms with Gasteiger partial charge in [0.1, 0.15) is 5.69 Å². The van der Waals surface area contributed by atoms with Crippen molar-refractivity contribution in [3.63, 3.8) is 0 Å². The van der Waals surface area contributed by atoms with Crippen LogP contribution in [0.15, 0.2) is 23.5 Å². The summed E-state index contributed by atoms with van der Waals surface area (Å²) in [6.45, 7) is 1.86. The minimum Gasteiger partial charge on any atom is -0.259 e. The largest absolute Gasteiger partial charge is 0.259 e. The average molecular weight is 122 g/mol. The normalized spacial score (nSPS) is 9.00. The van der Waals surface area contributed by atoms with Gasteiger partial charge in [-0.2, -0.15) is 0 Å². The van der Waals surface area contributed by atoms with E-state index in [9.17, 15) is 4.91 Å². The lowest BCUT2D eigenvalue weighted by Crippen LogP contribution is -1.75. The van der Waals surface area contributed by atoms with Crippen LogP contribution in [0.4, 0.5) is 5.69 Å². The molecule has 1 heterocycles. The molecule has 0 aromatic carbocycles. The topological polar surface area (TPSA) is 42.3 Å². The number of hydrogen-bond donors (Lipinski definition) is 0. The number of pyridine rings is 1. The molecular weight excluding hydrogens is 116 g/mol. The van der Waals surface area contributed by atoms with E-state index in [1.54, 1.807) is 12.1 Å². The van der Waals surface area contributed by atoms with Crippen molar-refractivity contribution in [1.82, 2.24) is 4.98 Å². The highest BCUT2D eigenvalue weighted by atomic mass is 16.3. The van der Waals surface area contributed by atoms with Crippen LogP contribution in [-0.2, 0) is 0 Å². The average Bonchev–Trinajstić information content (AvgIpc) is 1.90. The zero-order valence-corrected chi connectivity index (χ0v) is 5.03. The van der Waals surface area contributed by atoms with Crippen LogP contribution >= 0.6 is 0 Å². The van der Waals surface area contributed by atoms with E-state index in [0.29, 0.717) is 5.69 Å². The third-order valence-electron chi connectivity index (χ3n) is 1.00. The smallest absolute Gasteiger partial charge is 0.126 e. The Balaban J connectivity index is 3.01. The number of hydrogen-bond acceptors (Lipinski definition) is 3. The van der Waals surface area contributed by atoms with Crippen LogP contribution in [0.1, 0.15) is 5.69 Å². The van der Waals surface area contributed by atoms with Gasteiger partial charge in [-0.3, -0.25) is 4.98 Å². The SMILES string of the molecule is Cc1ccc(N=O)cn1. The summed E-state index contributed by atoms with van der Waals surface area (Å²) in [6, 6.07) is 3.38. The van der Waals surface area contributed by atoms with Gasteiger partial charge in [0, 0.05) is 5.69 Å². The number of nitrogens with zero attached hydrogens (tertiary/aromatic N) is 2. The molecule has 1 rings (SSSR count). The van der Waals surface area contributed by atoms with Gasteiger partial charge in [0.25, 0.3) is 0 Å². The molecule has 0 saturated carbocycles. The van der Waals surface area contributed by atoms with Gasteiger partial charge in [-0.15, -0.1) is 4.91 Å². The first-order valence-corrected chi connectivity index (χ1v) is 2.59. The molecule has 3 heteroatoms. The van der Waals surface area contributed by atoms with Gasteiger partial charge in [-0.05, 0) is 24.2 Å². The third kappa shape index (κ3) is 1.32. The van der Waals surface area contributed by atoms with E-state index >= 15 is 0 Å². The van der Waals surface area contributed by atoms with Crippen molar-refractivity contribution in [2.24, 2.45) is 5.18 Å². The maximum atomic E-state index is 9.83. The second-order valence-electron chi connectivity index (χ2n) is 1.75. The number of nitroso groups, excluding NO2 is 1. The fourth-order valence-electron chi connectivity index (χ4n) is 0.514. The monoisotopic (exact) mass is 122 g/mol. The van der Waals surface area contributed by atoms with Crippen molar-refractivity contribution in [2.45, 2.75) is 6.92 Å². The lowest BCUT2D eigenvalue weighted by molar-refractivity contribution is 1.19. The second-order valence-corrected chi connectivity index (χ2v) is 1.75. The van der Waals surface area contributed by atoms with Crippen molar-refractivity contribution in [1.29, 1.82) is 0 Å². The highest BCUT2D eigenvalue weighted by Gasteiger charge is 1.87. The standard InChI is InChI=1S/C6H6N2O/c1-5-2-3-6(8-9)4-7-5/h2-4H,1H3. The summed E-state index contributed by atoms with van der Waals surface area (Å²) in [7, 11) is 0. The van der Waals surface area contributed by atoms with E-state index in [2.05, 4.69) is 10.2 Å². The first-order chi connectivity index (χ1) is 4.33. The highest BCUT2D eigenvalue weighted by molar-refractivity contribution is 5.33. The van der Waals surface area contributed by atoms with E-state index in [1.807, 2.05) is 6.92 Å². The minimum absolute atomic E-state index is 0.376. The molecule has 0 aliphatic heterocycles. The lowest BCUT2D eigenvalue weighted by Gasteiger charge is -1.87. The van der Waals surface area contributed by atoms with Crippen LogP contribution in [0.25, 0.3) is 0 Å². The predicted octanol–water partition coefficient (Wildman–Crippen LogP) is 1.79. The van der Waals surface area contributed by atoms with Gasteiger partial charge in [-0.1, -0.05) is 0 Å². The fraction of sp³-hybridized carbons (Fsp3) is 0.167. The number of rotatable bonds is 1. The minimum atomic E-state index is 0.376. The van der Waals surface area contributed by atoms with Crippen LogP contribution in [0.2, 0.25) is 0 Å². The van der Waals surface area contributed by atoms with E-state index < -0.39 is 0 Å². The molecule has 0 saturated heterocycles. The Morgan fingerprint density at radius 1 is 1.56 bits per heavy atom. The number of aryl methyl sites for hydroxylation is 1. The molecule has 0 atom stereocenters. The summed E-state index contributed by atoms with van der Waals surface area (Å²) >= 11 is 0. The van der Waals surface area contributed by atoms with Crippen LogP contribution in [0.5, 0.6) is 0 Å².